The second-order valence-electron chi connectivity index (χ2n) is 5.59. The Hall–Kier alpha value is -1.36. The highest BCUT2D eigenvalue weighted by Gasteiger charge is 2.35. The van der Waals surface area contributed by atoms with Crippen LogP contribution in [0, 0.1) is 0 Å². The number of halogens is 3. The maximum Gasteiger partial charge on any atom is 0.573 e. The largest absolute Gasteiger partial charge is 0.573 e. The molecule has 1 saturated heterocycles. The number of nitrogens with one attached hydrogen (secondary N) is 2. The van der Waals surface area contributed by atoms with E-state index in [-0.39, 0.29) is 11.4 Å². The topological polar surface area (TPSA) is 76.7 Å². The van der Waals surface area contributed by atoms with Crippen molar-refractivity contribution in [2.75, 3.05) is 26.8 Å². The quantitative estimate of drug-likeness (QED) is 0.765. The van der Waals surface area contributed by atoms with Gasteiger partial charge in [-0.2, -0.15) is 0 Å². The predicted octanol–water partition coefficient (Wildman–Crippen LogP) is 1.63. The van der Waals surface area contributed by atoms with Crippen LogP contribution in [0.15, 0.2) is 29.2 Å². The molecule has 1 fully saturated rings. The van der Waals surface area contributed by atoms with Crippen molar-refractivity contribution in [2.24, 2.45) is 0 Å². The molecule has 1 aliphatic heterocycles. The molecule has 0 saturated carbocycles. The Morgan fingerprint density at radius 1 is 1.38 bits per heavy atom. The zero-order valence-electron chi connectivity index (χ0n) is 13.0. The molecule has 136 valence electrons. The molecule has 1 aromatic carbocycles. The van der Waals surface area contributed by atoms with Crippen molar-refractivity contribution >= 4 is 10.0 Å². The van der Waals surface area contributed by atoms with Gasteiger partial charge in [0.2, 0.25) is 10.0 Å². The zero-order chi connectivity index (χ0) is 17.8. The van der Waals surface area contributed by atoms with Crippen molar-refractivity contribution in [3.05, 3.63) is 24.3 Å². The molecule has 1 heterocycles. The molecule has 0 spiro atoms. The molecule has 1 unspecified atom stereocenters. The van der Waals surface area contributed by atoms with E-state index in [2.05, 4.69) is 14.8 Å². The summed E-state index contributed by atoms with van der Waals surface area (Å²) in [6.45, 7) is 1.15. The van der Waals surface area contributed by atoms with E-state index in [0.717, 1.165) is 31.5 Å². The van der Waals surface area contributed by atoms with Gasteiger partial charge in [-0.05, 0) is 31.5 Å². The Kier molecular flexibility index (Phi) is 5.74. The highest BCUT2D eigenvalue weighted by molar-refractivity contribution is 7.89. The van der Waals surface area contributed by atoms with Crippen LogP contribution < -0.4 is 14.8 Å². The number of methoxy groups -OCH3 is 1. The molecule has 1 atom stereocenters. The van der Waals surface area contributed by atoms with Crippen molar-refractivity contribution in [3.8, 4) is 5.75 Å². The summed E-state index contributed by atoms with van der Waals surface area (Å²) in [7, 11) is -2.45. The van der Waals surface area contributed by atoms with Gasteiger partial charge < -0.3 is 14.8 Å². The summed E-state index contributed by atoms with van der Waals surface area (Å²) >= 11 is 0. The van der Waals surface area contributed by atoms with Crippen molar-refractivity contribution < 1.29 is 31.1 Å². The number of alkyl halides is 3. The average molecular weight is 368 g/mol. The van der Waals surface area contributed by atoms with Crippen LogP contribution in [-0.2, 0) is 14.8 Å². The van der Waals surface area contributed by atoms with Crippen molar-refractivity contribution in [3.63, 3.8) is 0 Å². The molecule has 2 rings (SSSR count). The number of hydrogen-bond acceptors (Lipinski definition) is 5. The Balaban J connectivity index is 2.11. The Bertz CT molecular complexity index is 658. The molecule has 10 heteroatoms. The normalized spacial score (nSPS) is 21.8. The Morgan fingerprint density at radius 2 is 2.12 bits per heavy atom. The van der Waals surface area contributed by atoms with Crippen LogP contribution in [-0.4, -0.2) is 47.1 Å². The van der Waals surface area contributed by atoms with Crippen LogP contribution in [0.2, 0.25) is 0 Å². The molecule has 0 aromatic heterocycles. The SMILES string of the molecule is COCC1(CNS(=O)(=O)c2cccc(OC(F)(F)F)c2)CCCN1. The molecular weight excluding hydrogens is 349 g/mol. The van der Waals surface area contributed by atoms with E-state index in [4.69, 9.17) is 4.74 Å². The molecule has 1 aromatic rings. The number of ether oxygens (including phenoxy) is 2. The number of sulfonamides is 1. The molecule has 0 amide bonds. The van der Waals surface area contributed by atoms with E-state index in [1.807, 2.05) is 0 Å². The minimum atomic E-state index is -4.88. The maximum absolute atomic E-state index is 12.3. The van der Waals surface area contributed by atoms with Gasteiger partial charge in [-0.3, -0.25) is 0 Å². The lowest BCUT2D eigenvalue weighted by Crippen LogP contribution is -2.52. The Labute approximate surface area is 138 Å². The molecule has 24 heavy (non-hydrogen) atoms. The van der Waals surface area contributed by atoms with E-state index in [1.165, 1.54) is 19.2 Å². The van der Waals surface area contributed by atoms with Gasteiger partial charge in [0.05, 0.1) is 17.0 Å². The van der Waals surface area contributed by atoms with Crippen LogP contribution in [0.25, 0.3) is 0 Å². The van der Waals surface area contributed by atoms with Gasteiger partial charge in [0, 0.05) is 19.7 Å². The number of hydrogen-bond donors (Lipinski definition) is 2. The highest BCUT2D eigenvalue weighted by atomic mass is 32.2. The van der Waals surface area contributed by atoms with Gasteiger partial charge >= 0.3 is 6.36 Å². The first kappa shape index (κ1) is 19.0. The van der Waals surface area contributed by atoms with Gasteiger partial charge in [0.1, 0.15) is 5.75 Å². The standard InChI is InChI=1S/C14H19F3N2O4S/c1-22-10-13(6-3-7-18-13)9-19-24(20,21)12-5-2-4-11(8-12)23-14(15,16)17/h2,4-5,8,18-19H,3,6-7,9-10H2,1H3. The summed E-state index contributed by atoms with van der Waals surface area (Å²) in [6, 6.07) is 4.27. The molecule has 1 aliphatic rings. The van der Waals surface area contributed by atoms with Gasteiger partial charge in [0.15, 0.2) is 0 Å². The summed E-state index contributed by atoms with van der Waals surface area (Å²) in [5, 5.41) is 3.21. The summed E-state index contributed by atoms with van der Waals surface area (Å²) in [4.78, 5) is -0.296. The number of benzene rings is 1. The zero-order valence-corrected chi connectivity index (χ0v) is 13.8. The van der Waals surface area contributed by atoms with E-state index in [0.29, 0.717) is 6.61 Å². The van der Waals surface area contributed by atoms with Crippen LogP contribution in [0.5, 0.6) is 5.75 Å². The minimum Gasteiger partial charge on any atom is -0.406 e. The fourth-order valence-electron chi connectivity index (χ4n) is 2.63. The third-order valence-corrected chi connectivity index (χ3v) is 5.10. The number of rotatable bonds is 7. The first-order chi connectivity index (χ1) is 11.2. The van der Waals surface area contributed by atoms with E-state index in [1.54, 1.807) is 0 Å². The summed E-state index contributed by atoms with van der Waals surface area (Å²) in [5.74, 6) is -0.587. The smallest absolute Gasteiger partial charge is 0.406 e. The Morgan fingerprint density at radius 3 is 2.71 bits per heavy atom. The van der Waals surface area contributed by atoms with Crippen molar-refractivity contribution in [1.82, 2.24) is 10.0 Å². The van der Waals surface area contributed by atoms with Crippen LogP contribution in [0.1, 0.15) is 12.8 Å². The lowest BCUT2D eigenvalue weighted by molar-refractivity contribution is -0.274. The van der Waals surface area contributed by atoms with Gasteiger partial charge in [-0.25, -0.2) is 13.1 Å². The second kappa shape index (κ2) is 7.26. The second-order valence-corrected chi connectivity index (χ2v) is 7.36. The maximum atomic E-state index is 12.3. The lowest BCUT2D eigenvalue weighted by Gasteiger charge is -2.28. The molecule has 0 radical (unpaired) electrons. The van der Waals surface area contributed by atoms with Crippen molar-refractivity contribution in [1.29, 1.82) is 0 Å². The first-order valence-electron chi connectivity index (χ1n) is 7.25. The van der Waals surface area contributed by atoms with Crippen LogP contribution in [0.3, 0.4) is 0 Å². The van der Waals surface area contributed by atoms with E-state index in [9.17, 15) is 21.6 Å². The fraction of sp³-hybridized carbons (Fsp3) is 0.571. The molecule has 2 N–H and O–H groups in total. The van der Waals surface area contributed by atoms with E-state index >= 15 is 0 Å². The summed E-state index contributed by atoms with van der Waals surface area (Å²) in [5.41, 5.74) is -0.512. The van der Waals surface area contributed by atoms with E-state index < -0.39 is 27.7 Å². The third kappa shape index (κ3) is 5.07. The average Bonchev–Trinajstić information content (AvgIpc) is 2.93. The van der Waals surface area contributed by atoms with Gasteiger partial charge in [-0.1, -0.05) is 6.07 Å². The third-order valence-electron chi connectivity index (χ3n) is 3.70. The monoisotopic (exact) mass is 368 g/mol. The van der Waals surface area contributed by atoms with Crippen molar-refractivity contribution in [2.45, 2.75) is 29.6 Å². The fourth-order valence-corrected chi connectivity index (χ4v) is 3.79. The first-order valence-corrected chi connectivity index (χ1v) is 8.74. The van der Waals surface area contributed by atoms with Gasteiger partial charge in [0.25, 0.3) is 0 Å². The minimum absolute atomic E-state index is 0.0769. The molecule has 0 bridgehead atoms. The lowest BCUT2D eigenvalue weighted by atomic mass is 9.99. The van der Waals surface area contributed by atoms with Crippen LogP contribution >= 0.6 is 0 Å². The predicted molar refractivity (Wildman–Crippen MR) is 80.2 cm³/mol. The summed E-state index contributed by atoms with van der Waals surface area (Å²) in [6.07, 6.45) is -3.26. The summed E-state index contributed by atoms with van der Waals surface area (Å²) < 4.78 is 72.7. The molecule has 0 aliphatic carbocycles. The van der Waals surface area contributed by atoms with Gasteiger partial charge in [-0.15, -0.1) is 13.2 Å². The molecular formula is C14H19F3N2O4S. The highest BCUT2D eigenvalue weighted by Crippen LogP contribution is 2.25. The molecule has 6 nitrogen and oxygen atoms in total. The van der Waals surface area contributed by atoms with Crippen LogP contribution in [0.4, 0.5) is 13.2 Å².